The van der Waals surface area contributed by atoms with E-state index in [0.717, 1.165) is 17.7 Å². The molecule has 0 radical (unpaired) electrons. The first kappa shape index (κ1) is 14.5. The van der Waals surface area contributed by atoms with Crippen molar-refractivity contribution >= 4 is 5.91 Å². The molecule has 0 saturated heterocycles. The van der Waals surface area contributed by atoms with Crippen LogP contribution in [-0.4, -0.2) is 25.1 Å². The van der Waals surface area contributed by atoms with Gasteiger partial charge in [0.05, 0.1) is 6.54 Å². The minimum atomic E-state index is -0.0482. The van der Waals surface area contributed by atoms with Gasteiger partial charge < -0.3 is 15.8 Å². The van der Waals surface area contributed by atoms with Gasteiger partial charge in [-0.15, -0.1) is 0 Å². The lowest BCUT2D eigenvalue weighted by Crippen LogP contribution is -2.33. The molecule has 0 saturated carbocycles. The molecule has 0 aromatic heterocycles. The molecule has 1 aromatic rings. The molecule has 100 valence electrons. The molecule has 0 spiro atoms. The lowest BCUT2D eigenvalue weighted by Gasteiger charge is -2.16. The largest absolute Gasteiger partial charge is 0.489 e. The number of aryl methyl sites for hydroxylation is 1. The summed E-state index contributed by atoms with van der Waals surface area (Å²) in [6.07, 6.45) is 1.15. The average Bonchev–Trinajstić information content (AvgIpc) is 2.36. The zero-order chi connectivity index (χ0) is 13.4. The van der Waals surface area contributed by atoms with E-state index in [-0.39, 0.29) is 12.0 Å². The van der Waals surface area contributed by atoms with Crippen molar-refractivity contribution in [2.24, 2.45) is 5.73 Å². The molecule has 1 rings (SSSR count). The Morgan fingerprint density at radius 3 is 2.83 bits per heavy atom. The highest BCUT2D eigenvalue weighted by Crippen LogP contribution is 2.17. The molecule has 1 atom stereocenters. The number of nitrogens with two attached hydrogens (primary N) is 1. The van der Waals surface area contributed by atoms with Crippen LogP contribution in [0.4, 0.5) is 0 Å². The number of benzene rings is 1. The number of nitrogens with one attached hydrogen (secondary N) is 1. The van der Waals surface area contributed by atoms with Gasteiger partial charge in [0.1, 0.15) is 11.9 Å². The number of hydrogen-bond acceptors (Lipinski definition) is 3. The monoisotopic (exact) mass is 250 g/mol. The van der Waals surface area contributed by atoms with Crippen LogP contribution in [0.3, 0.4) is 0 Å². The molecule has 4 heteroatoms. The highest BCUT2D eigenvalue weighted by atomic mass is 16.5. The predicted octanol–water partition coefficient (Wildman–Crippen LogP) is 1.62. The third kappa shape index (κ3) is 5.19. The van der Waals surface area contributed by atoms with Gasteiger partial charge in [-0.25, -0.2) is 0 Å². The SMILES string of the molecule is Cc1ccccc1OC(C)CNC(=O)CCCN. The summed E-state index contributed by atoms with van der Waals surface area (Å²) >= 11 is 0. The molecule has 1 aromatic carbocycles. The van der Waals surface area contributed by atoms with Gasteiger partial charge in [0.2, 0.25) is 5.91 Å². The standard InChI is InChI=1S/C14H22N2O2/c1-11-6-3-4-7-13(11)18-12(2)10-16-14(17)8-5-9-15/h3-4,6-7,12H,5,8-10,15H2,1-2H3,(H,16,17). The third-order valence-corrected chi connectivity index (χ3v) is 2.62. The molecule has 4 nitrogen and oxygen atoms in total. The lowest BCUT2D eigenvalue weighted by molar-refractivity contribution is -0.121. The molecule has 1 amide bonds. The van der Waals surface area contributed by atoms with Crippen LogP contribution in [0.2, 0.25) is 0 Å². The first-order chi connectivity index (χ1) is 8.63. The highest BCUT2D eigenvalue weighted by molar-refractivity contribution is 5.75. The number of carbonyl (C=O) groups is 1. The normalized spacial score (nSPS) is 11.9. The van der Waals surface area contributed by atoms with E-state index in [2.05, 4.69) is 5.32 Å². The van der Waals surface area contributed by atoms with Crippen molar-refractivity contribution in [1.29, 1.82) is 0 Å². The molecular formula is C14H22N2O2. The summed E-state index contributed by atoms with van der Waals surface area (Å²) in [7, 11) is 0. The minimum Gasteiger partial charge on any atom is -0.489 e. The van der Waals surface area contributed by atoms with Crippen molar-refractivity contribution in [3.8, 4) is 5.75 Å². The first-order valence-corrected chi connectivity index (χ1v) is 6.32. The van der Waals surface area contributed by atoms with Gasteiger partial charge in [-0.3, -0.25) is 4.79 Å². The average molecular weight is 250 g/mol. The molecule has 0 fully saturated rings. The van der Waals surface area contributed by atoms with Crippen molar-refractivity contribution < 1.29 is 9.53 Å². The van der Waals surface area contributed by atoms with E-state index in [0.29, 0.717) is 19.5 Å². The van der Waals surface area contributed by atoms with Crippen molar-refractivity contribution in [3.63, 3.8) is 0 Å². The number of carbonyl (C=O) groups excluding carboxylic acids is 1. The zero-order valence-corrected chi connectivity index (χ0v) is 11.1. The van der Waals surface area contributed by atoms with E-state index in [9.17, 15) is 4.79 Å². The summed E-state index contributed by atoms with van der Waals surface area (Å²) in [5.74, 6) is 0.891. The van der Waals surface area contributed by atoms with Crippen LogP contribution < -0.4 is 15.8 Å². The summed E-state index contributed by atoms with van der Waals surface area (Å²) in [6, 6.07) is 7.85. The smallest absolute Gasteiger partial charge is 0.220 e. The molecule has 0 aliphatic carbocycles. The number of rotatable bonds is 7. The topological polar surface area (TPSA) is 64.3 Å². The quantitative estimate of drug-likeness (QED) is 0.773. The van der Waals surface area contributed by atoms with E-state index >= 15 is 0 Å². The first-order valence-electron chi connectivity index (χ1n) is 6.32. The number of ether oxygens (including phenoxy) is 1. The summed E-state index contributed by atoms with van der Waals surface area (Å²) < 4.78 is 5.76. The fourth-order valence-electron chi connectivity index (χ4n) is 1.56. The van der Waals surface area contributed by atoms with Crippen molar-refractivity contribution in [1.82, 2.24) is 5.32 Å². The zero-order valence-electron chi connectivity index (χ0n) is 11.1. The van der Waals surface area contributed by atoms with Gasteiger partial charge in [0, 0.05) is 6.42 Å². The van der Waals surface area contributed by atoms with Crippen molar-refractivity contribution in [2.75, 3.05) is 13.1 Å². The summed E-state index contributed by atoms with van der Waals surface area (Å²) in [5.41, 5.74) is 6.44. The van der Waals surface area contributed by atoms with Crippen LogP contribution in [-0.2, 0) is 4.79 Å². The van der Waals surface area contributed by atoms with Gasteiger partial charge in [-0.2, -0.15) is 0 Å². The minimum absolute atomic E-state index is 0.0284. The molecule has 1 unspecified atom stereocenters. The molecule has 0 aliphatic rings. The van der Waals surface area contributed by atoms with E-state index in [1.165, 1.54) is 0 Å². The van der Waals surface area contributed by atoms with Gasteiger partial charge in [-0.1, -0.05) is 18.2 Å². The maximum atomic E-state index is 11.4. The maximum absolute atomic E-state index is 11.4. The predicted molar refractivity (Wildman–Crippen MR) is 72.6 cm³/mol. The van der Waals surface area contributed by atoms with Crippen molar-refractivity contribution in [2.45, 2.75) is 32.8 Å². The summed E-state index contributed by atoms with van der Waals surface area (Å²) in [5, 5.41) is 2.84. The second-order valence-electron chi connectivity index (χ2n) is 4.39. The van der Waals surface area contributed by atoms with E-state index < -0.39 is 0 Å². The molecule has 18 heavy (non-hydrogen) atoms. The number of amides is 1. The van der Waals surface area contributed by atoms with Crippen LogP contribution in [0.25, 0.3) is 0 Å². The second kappa shape index (κ2) is 7.71. The van der Waals surface area contributed by atoms with Crippen molar-refractivity contribution in [3.05, 3.63) is 29.8 Å². The summed E-state index contributed by atoms with van der Waals surface area (Å²) in [4.78, 5) is 11.4. The van der Waals surface area contributed by atoms with Crippen LogP contribution in [0.5, 0.6) is 5.75 Å². The van der Waals surface area contributed by atoms with Crippen LogP contribution in [0.15, 0.2) is 24.3 Å². The van der Waals surface area contributed by atoms with Crippen LogP contribution in [0, 0.1) is 6.92 Å². The Morgan fingerprint density at radius 1 is 1.44 bits per heavy atom. The van der Waals surface area contributed by atoms with Crippen LogP contribution in [0.1, 0.15) is 25.3 Å². The Morgan fingerprint density at radius 2 is 2.17 bits per heavy atom. The molecule has 0 aliphatic heterocycles. The molecule has 0 bridgehead atoms. The Labute approximate surface area is 109 Å². The van der Waals surface area contributed by atoms with Gasteiger partial charge >= 0.3 is 0 Å². The Hall–Kier alpha value is -1.55. The maximum Gasteiger partial charge on any atom is 0.220 e. The molecule has 0 heterocycles. The Kier molecular flexibility index (Phi) is 6.22. The van der Waals surface area contributed by atoms with Gasteiger partial charge in [0.25, 0.3) is 0 Å². The Bertz CT molecular complexity index is 380. The molecule has 3 N–H and O–H groups in total. The number of para-hydroxylation sites is 1. The van der Waals surface area contributed by atoms with E-state index in [1.807, 2.05) is 38.1 Å². The fraction of sp³-hybridized carbons (Fsp3) is 0.500. The second-order valence-corrected chi connectivity index (χ2v) is 4.39. The highest BCUT2D eigenvalue weighted by Gasteiger charge is 2.07. The lowest BCUT2D eigenvalue weighted by atomic mass is 10.2. The van der Waals surface area contributed by atoms with E-state index in [1.54, 1.807) is 0 Å². The summed E-state index contributed by atoms with van der Waals surface area (Å²) in [6.45, 7) is 5.00. The van der Waals surface area contributed by atoms with Gasteiger partial charge in [0.15, 0.2) is 0 Å². The third-order valence-electron chi connectivity index (χ3n) is 2.62. The fourth-order valence-corrected chi connectivity index (χ4v) is 1.56. The van der Waals surface area contributed by atoms with Crippen LogP contribution >= 0.6 is 0 Å². The van der Waals surface area contributed by atoms with E-state index in [4.69, 9.17) is 10.5 Å². The van der Waals surface area contributed by atoms with Gasteiger partial charge in [-0.05, 0) is 38.4 Å². The number of hydrogen-bond donors (Lipinski definition) is 2. The Balaban J connectivity index is 2.32. The molecular weight excluding hydrogens is 228 g/mol.